The molecule has 2 aromatic rings. The number of hydrogen-bond donors (Lipinski definition) is 1. The normalized spacial score (nSPS) is 12.4. The van der Waals surface area contributed by atoms with Crippen LogP contribution in [-0.2, 0) is 0 Å². The lowest BCUT2D eigenvalue weighted by Crippen LogP contribution is -2.04. The van der Waals surface area contributed by atoms with Gasteiger partial charge in [-0.1, -0.05) is 5.16 Å². The minimum atomic E-state index is -0.301. The largest absolute Gasteiger partial charge is 0.481 e. The molecule has 2 rings (SSSR count). The van der Waals surface area contributed by atoms with E-state index in [2.05, 4.69) is 20.1 Å². The van der Waals surface area contributed by atoms with Crippen LogP contribution in [0.25, 0.3) is 11.5 Å². The van der Waals surface area contributed by atoms with Crippen molar-refractivity contribution < 1.29 is 9.26 Å². The molecule has 0 bridgehead atoms. The van der Waals surface area contributed by atoms with E-state index >= 15 is 0 Å². The molecule has 1 atom stereocenters. The van der Waals surface area contributed by atoms with E-state index in [-0.39, 0.29) is 6.04 Å². The minimum Gasteiger partial charge on any atom is -0.481 e. The van der Waals surface area contributed by atoms with Gasteiger partial charge in [0.1, 0.15) is 12.0 Å². The van der Waals surface area contributed by atoms with Crippen LogP contribution in [-0.4, -0.2) is 27.2 Å². The van der Waals surface area contributed by atoms with E-state index in [1.54, 1.807) is 13.0 Å². The third-order valence-electron chi connectivity index (χ3n) is 1.91. The fourth-order valence-corrected chi connectivity index (χ4v) is 1.10. The highest BCUT2D eigenvalue weighted by Crippen LogP contribution is 2.17. The second-order valence-corrected chi connectivity index (χ2v) is 3.19. The monoisotopic (exact) mass is 221 g/mol. The maximum atomic E-state index is 5.61. The molecule has 7 nitrogen and oxygen atoms in total. The number of rotatable bonds is 3. The lowest BCUT2D eigenvalue weighted by atomic mass is 10.3. The lowest BCUT2D eigenvalue weighted by molar-refractivity contribution is 0.362. The zero-order valence-corrected chi connectivity index (χ0v) is 8.91. The number of nitrogens with zero attached hydrogens (tertiary/aromatic N) is 4. The van der Waals surface area contributed by atoms with Crippen LogP contribution in [0.2, 0.25) is 0 Å². The van der Waals surface area contributed by atoms with Gasteiger partial charge in [0.2, 0.25) is 17.6 Å². The average molecular weight is 221 g/mol. The molecule has 0 saturated heterocycles. The standard InChI is InChI=1S/C9H11N5O2/c1-5(10)9-13-8(14-16-9)6-3-7(15-2)12-4-11-6/h3-5H,10H2,1-2H3/t5-/m1/s1. The summed E-state index contributed by atoms with van der Waals surface area (Å²) in [7, 11) is 1.52. The van der Waals surface area contributed by atoms with Gasteiger partial charge in [-0.15, -0.1) is 0 Å². The Morgan fingerprint density at radius 3 is 2.88 bits per heavy atom. The number of methoxy groups -OCH3 is 1. The molecule has 2 heterocycles. The molecule has 0 fully saturated rings. The summed E-state index contributed by atoms with van der Waals surface area (Å²) in [6, 6.07) is 1.32. The van der Waals surface area contributed by atoms with Crippen LogP contribution in [0, 0.1) is 0 Å². The van der Waals surface area contributed by atoms with Gasteiger partial charge >= 0.3 is 0 Å². The van der Waals surface area contributed by atoms with Crippen molar-refractivity contribution in [3.05, 3.63) is 18.3 Å². The summed E-state index contributed by atoms with van der Waals surface area (Å²) in [5.41, 5.74) is 6.14. The molecule has 0 amide bonds. The summed E-state index contributed by atoms with van der Waals surface area (Å²) in [5, 5.41) is 3.77. The van der Waals surface area contributed by atoms with Gasteiger partial charge in [-0.05, 0) is 6.92 Å². The van der Waals surface area contributed by atoms with Crippen LogP contribution < -0.4 is 10.5 Å². The molecule has 0 spiro atoms. The Morgan fingerprint density at radius 2 is 2.25 bits per heavy atom. The second kappa shape index (κ2) is 4.23. The van der Waals surface area contributed by atoms with Gasteiger partial charge in [-0.25, -0.2) is 9.97 Å². The van der Waals surface area contributed by atoms with Crippen molar-refractivity contribution in [2.45, 2.75) is 13.0 Å². The first kappa shape index (κ1) is 10.5. The van der Waals surface area contributed by atoms with Gasteiger partial charge in [0, 0.05) is 6.07 Å². The van der Waals surface area contributed by atoms with Crippen molar-refractivity contribution >= 4 is 0 Å². The van der Waals surface area contributed by atoms with Crippen LogP contribution in [0.15, 0.2) is 16.9 Å². The fraction of sp³-hybridized carbons (Fsp3) is 0.333. The van der Waals surface area contributed by atoms with E-state index in [1.165, 1.54) is 13.4 Å². The van der Waals surface area contributed by atoms with E-state index in [0.717, 1.165) is 0 Å². The van der Waals surface area contributed by atoms with Crippen LogP contribution in [0.4, 0.5) is 0 Å². The van der Waals surface area contributed by atoms with Crippen molar-refractivity contribution in [1.82, 2.24) is 20.1 Å². The van der Waals surface area contributed by atoms with Crippen LogP contribution in [0.3, 0.4) is 0 Å². The summed E-state index contributed by atoms with van der Waals surface area (Å²) in [5.74, 6) is 1.18. The zero-order valence-electron chi connectivity index (χ0n) is 8.91. The van der Waals surface area contributed by atoms with Gasteiger partial charge in [0.05, 0.1) is 13.2 Å². The molecule has 0 radical (unpaired) electrons. The molecule has 0 aliphatic heterocycles. The molecule has 16 heavy (non-hydrogen) atoms. The van der Waals surface area contributed by atoms with Crippen molar-refractivity contribution in [3.8, 4) is 17.4 Å². The number of ether oxygens (including phenoxy) is 1. The highest BCUT2D eigenvalue weighted by molar-refractivity contribution is 5.49. The van der Waals surface area contributed by atoms with Crippen molar-refractivity contribution in [1.29, 1.82) is 0 Å². The van der Waals surface area contributed by atoms with Crippen molar-refractivity contribution in [2.24, 2.45) is 5.73 Å². The molecule has 0 saturated carbocycles. The van der Waals surface area contributed by atoms with E-state index in [1.807, 2.05) is 0 Å². The molecule has 2 N–H and O–H groups in total. The quantitative estimate of drug-likeness (QED) is 0.807. The van der Waals surface area contributed by atoms with Gasteiger partial charge < -0.3 is 15.0 Å². The molecule has 7 heteroatoms. The SMILES string of the molecule is COc1cc(-c2noc([C@@H](C)N)n2)ncn1. The van der Waals surface area contributed by atoms with E-state index in [4.69, 9.17) is 15.0 Å². The Balaban J connectivity index is 2.34. The Kier molecular flexibility index (Phi) is 2.78. The predicted octanol–water partition coefficient (Wildman–Crippen LogP) is 0.555. The van der Waals surface area contributed by atoms with E-state index < -0.39 is 0 Å². The number of aromatic nitrogens is 4. The fourth-order valence-electron chi connectivity index (χ4n) is 1.10. The van der Waals surface area contributed by atoms with Gasteiger partial charge in [0.15, 0.2) is 0 Å². The first-order valence-corrected chi connectivity index (χ1v) is 4.66. The molecule has 0 aliphatic rings. The molecular weight excluding hydrogens is 210 g/mol. The van der Waals surface area contributed by atoms with Gasteiger partial charge in [0.25, 0.3) is 0 Å². The first-order valence-electron chi connectivity index (χ1n) is 4.66. The maximum absolute atomic E-state index is 5.61. The Hall–Kier alpha value is -2.02. The molecule has 0 aromatic carbocycles. The van der Waals surface area contributed by atoms with Crippen LogP contribution in [0.5, 0.6) is 5.88 Å². The Bertz CT molecular complexity index is 482. The third-order valence-corrected chi connectivity index (χ3v) is 1.91. The van der Waals surface area contributed by atoms with E-state index in [0.29, 0.717) is 23.3 Å². The Labute approximate surface area is 91.7 Å². The average Bonchev–Trinajstić information content (AvgIpc) is 2.78. The number of hydrogen-bond acceptors (Lipinski definition) is 7. The van der Waals surface area contributed by atoms with Crippen molar-refractivity contribution in [2.75, 3.05) is 7.11 Å². The summed E-state index contributed by atoms with van der Waals surface area (Å²) in [4.78, 5) is 12.0. The molecular formula is C9H11N5O2. The van der Waals surface area contributed by atoms with Gasteiger partial charge in [-0.3, -0.25) is 0 Å². The molecule has 84 valence electrons. The molecule has 0 unspecified atom stereocenters. The lowest BCUT2D eigenvalue weighted by Gasteiger charge is -1.98. The van der Waals surface area contributed by atoms with Crippen LogP contribution >= 0.6 is 0 Å². The summed E-state index contributed by atoms with van der Waals surface area (Å²) >= 11 is 0. The van der Waals surface area contributed by atoms with Crippen molar-refractivity contribution in [3.63, 3.8) is 0 Å². The summed E-state index contributed by atoms with van der Waals surface area (Å²) in [6.07, 6.45) is 1.37. The topological polar surface area (TPSA) is 100.0 Å². The maximum Gasteiger partial charge on any atom is 0.243 e. The highest BCUT2D eigenvalue weighted by atomic mass is 16.5. The minimum absolute atomic E-state index is 0.301. The third kappa shape index (κ3) is 1.98. The molecule has 2 aromatic heterocycles. The Morgan fingerprint density at radius 1 is 1.44 bits per heavy atom. The first-order chi connectivity index (χ1) is 7.70. The molecule has 0 aliphatic carbocycles. The number of nitrogens with two attached hydrogens (primary N) is 1. The summed E-state index contributed by atoms with van der Waals surface area (Å²) in [6.45, 7) is 1.76. The predicted molar refractivity (Wildman–Crippen MR) is 54.5 cm³/mol. The van der Waals surface area contributed by atoms with E-state index in [9.17, 15) is 0 Å². The zero-order chi connectivity index (χ0) is 11.5. The summed E-state index contributed by atoms with van der Waals surface area (Å²) < 4.78 is 9.94. The van der Waals surface area contributed by atoms with Gasteiger partial charge in [-0.2, -0.15) is 4.98 Å². The van der Waals surface area contributed by atoms with Crippen LogP contribution in [0.1, 0.15) is 18.9 Å². The second-order valence-electron chi connectivity index (χ2n) is 3.19. The highest BCUT2D eigenvalue weighted by Gasteiger charge is 2.13. The smallest absolute Gasteiger partial charge is 0.243 e.